The van der Waals surface area contributed by atoms with E-state index in [2.05, 4.69) is 20.3 Å². The van der Waals surface area contributed by atoms with Crippen LogP contribution >= 0.6 is 12.2 Å². The largest absolute Gasteiger partial charge is 0.388 e. The van der Waals surface area contributed by atoms with Crippen molar-refractivity contribution in [1.82, 2.24) is 15.0 Å². The van der Waals surface area contributed by atoms with Crippen molar-refractivity contribution >= 4 is 28.8 Å². The van der Waals surface area contributed by atoms with Crippen LogP contribution in [-0.4, -0.2) is 19.9 Å². The Balaban J connectivity index is 2.24. The van der Waals surface area contributed by atoms with Gasteiger partial charge in [0.2, 0.25) is 5.95 Å². The number of nitrogens with one attached hydrogen (secondary N) is 1. The standard InChI is InChI=1S/C11H11N5S/c1-7-4-8(6-13-5-7)15-11-14-3-2-9(16-11)10(12)17/h2-6H,1H3,(H2,12,17)(H,14,15,16). The summed E-state index contributed by atoms with van der Waals surface area (Å²) in [6.45, 7) is 1.96. The van der Waals surface area contributed by atoms with Gasteiger partial charge in [0.15, 0.2) is 0 Å². The molecule has 0 aliphatic rings. The van der Waals surface area contributed by atoms with Gasteiger partial charge < -0.3 is 11.1 Å². The number of aromatic nitrogens is 3. The molecule has 2 rings (SSSR count). The van der Waals surface area contributed by atoms with E-state index < -0.39 is 0 Å². The van der Waals surface area contributed by atoms with E-state index in [1.807, 2.05) is 13.0 Å². The molecule has 0 saturated heterocycles. The quantitative estimate of drug-likeness (QED) is 0.799. The van der Waals surface area contributed by atoms with Gasteiger partial charge in [0.25, 0.3) is 0 Å². The van der Waals surface area contributed by atoms with Crippen molar-refractivity contribution < 1.29 is 0 Å². The maximum Gasteiger partial charge on any atom is 0.227 e. The molecule has 6 heteroatoms. The highest BCUT2D eigenvalue weighted by Gasteiger charge is 2.02. The summed E-state index contributed by atoms with van der Waals surface area (Å²) < 4.78 is 0. The normalized spacial score (nSPS) is 9.94. The summed E-state index contributed by atoms with van der Waals surface area (Å²) in [4.78, 5) is 12.6. The van der Waals surface area contributed by atoms with Gasteiger partial charge in [-0.25, -0.2) is 9.97 Å². The highest BCUT2D eigenvalue weighted by molar-refractivity contribution is 7.80. The van der Waals surface area contributed by atoms with Crippen LogP contribution in [0.15, 0.2) is 30.7 Å². The topological polar surface area (TPSA) is 76.7 Å². The molecular formula is C11H11N5S. The molecule has 0 radical (unpaired) electrons. The Hall–Kier alpha value is -2.08. The number of anilines is 2. The maximum atomic E-state index is 5.50. The molecule has 0 aliphatic heterocycles. The van der Waals surface area contributed by atoms with Gasteiger partial charge in [-0.1, -0.05) is 12.2 Å². The van der Waals surface area contributed by atoms with Crippen LogP contribution in [-0.2, 0) is 0 Å². The molecule has 17 heavy (non-hydrogen) atoms. The lowest BCUT2D eigenvalue weighted by atomic mass is 10.3. The molecule has 0 unspecified atom stereocenters. The van der Waals surface area contributed by atoms with E-state index in [1.54, 1.807) is 24.7 Å². The Labute approximate surface area is 104 Å². The number of hydrogen-bond acceptors (Lipinski definition) is 5. The first-order valence-electron chi connectivity index (χ1n) is 4.96. The molecular weight excluding hydrogens is 234 g/mol. The molecule has 3 N–H and O–H groups in total. The number of hydrogen-bond donors (Lipinski definition) is 2. The third-order valence-corrected chi connectivity index (χ3v) is 2.25. The lowest BCUT2D eigenvalue weighted by Crippen LogP contribution is -2.12. The fraction of sp³-hybridized carbons (Fsp3) is 0.0909. The molecule has 0 bridgehead atoms. The fourth-order valence-corrected chi connectivity index (χ4v) is 1.42. The zero-order chi connectivity index (χ0) is 12.3. The molecule has 0 saturated carbocycles. The molecule has 0 aliphatic carbocycles. The van der Waals surface area contributed by atoms with Crippen LogP contribution in [0.25, 0.3) is 0 Å². The van der Waals surface area contributed by atoms with Crippen molar-refractivity contribution in [3.05, 3.63) is 42.0 Å². The molecule has 2 aromatic heterocycles. The summed E-state index contributed by atoms with van der Waals surface area (Å²) in [7, 11) is 0. The SMILES string of the molecule is Cc1cncc(Nc2nccc(C(N)=S)n2)c1. The summed E-state index contributed by atoms with van der Waals surface area (Å²) in [5.74, 6) is 0.447. The van der Waals surface area contributed by atoms with Crippen molar-refractivity contribution in [3.63, 3.8) is 0 Å². The second-order valence-electron chi connectivity index (χ2n) is 3.51. The Morgan fingerprint density at radius 3 is 2.94 bits per heavy atom. The zero-order valence-corrected chi connectivity index (χ0v) is 10.0. The molecule has 2 heterocycles. The van der Waals surface area contributed by atoms with Crippen LogP contribution < -0.4 is 11.1 Å². The molecule has 0 amide bonds. The first-order valence-corrected chi connectivity index (χ1v) is 5.37. The molecule has 86 valence electrons. The zero-order valence-electron chi connectivity index (χ0n) is 9.21. The van der Waals surface area contributed by atoms with Gasteiger partial charge >= 0.3 is 0 Å². The smallest absolute Gasteiger partial charge is 0.227 e. The highest BCUT2D eigenvalue weighted by Crippen LogP contribution is 2.12. The van der Waals surface area contributed by atoms with Crippen molar-refractivity contribution in [2.45, 2.75) is 6.92 Å². The highest BCUT2D eigenvalue weighted by atomic mass is 32.1. The van der Waals surface area contributed by atoms with Gasteiger partial charge in [-0.05, 0) is 24.6 Å². The average Bonchev–Trinajstić information content (AvgIpc) is 2.29. The summed E-state index contributed by atoms with van der Waals surface area (Å²) in [6, 6.07) is 3.62. The van der Waals surface area contributed by atoms with Gasteiger partial charge in [0, 0.05) is 12.4 Å². The Morgan fingerprint density at radius 2 is 2.24 bits per heavy atom. The van der Waals surface area contributed by atoms with E-state index in [1.165, 1.54) is 0 Å². The summed E-state index contributed by atoms with van der Waals surface area (Å²) >= 11 is 4.85. The maximum absolute atomic E-state index is 5.50. The van der Waals surface area contributed by atoms with Crippen LogP contribution in [0, 0.1) is 6.92 Å². The van der Waals surface area contributed by atoms with E-state index in [0.717, 1.165) is 11.3 Å². The van der Waals surface area contributed by atoms with E-state index >= 15 is 0 Å². The Bertz CT molecular complexity index is 555. The van der Waals surface area contributed by atoms with Gasteiger partial charge in [0.1, 0.15) is 10.7 Å². The van der Waals surface area contributed by atoms with E-state index in [-0.39, 0.29) is 4.99 Å². The van der Waals surface area contributed by atoms with Gasteiger partial charge in [0.05, 0.1) is 11.9 Å². The number of pyridine rings is 1. The molecule has 0 fully saturated rings. The predicted molar refractivity (Wildman–Crippen MR) is 70.2 cm³/mol. The first-order chi connectivity index (χ1) is 8.15. The molecule has 0 aromatic carbocycles. The second kappa shape index (κ2) is 4.84. The van der Waals surface area contributed by atoms with Crippen molar-refractivity contribution in [2.75, 3.05) is 5.32 Å². The number of nitrogens with two attached hydrogens (primary N) is 1. The number of aryl methyl sites for hydroxylation is 1. The van der Waals surface area contributed by atoms with Gasteiger partial charge in [-0.3, -0.25) is 4.98 Å². The third kappa shape index (κ3) is 2.94. The molecule has 2 aromatic rings. The van der Waals surface area contributed by atoms with Crippen LogP contribution in [0.5, 0.6) is 0 Å². The Kier molecular flexibility index (Phi) is 3.24. The first kappa shape index (κ1) is 11.4. The van der Waals surface area contributed by atoms with E-state index in [4.69, 9.17) is 18.0 Å². The molecule has 0 atom stereocenters. The fourth-order valence-electron chi connectivity index (χ4n) is 1.31. The van der Waals surface area contributed by atoms with Crippen molar-refractivity contribution in [3.8, 4) is 0 Å². The second-order valence-corrected chi connectivity index (χ2v) is 3.95. The van der Waals surface area contributed by atoms with Crippen molar-refractivity contribution in [1.29, 1.82) is 0 Å². The summed E-state index contributed by atoms with van der Waals surface area (Å²) in [5.41, 5.74) is 7.92. The summed E-state index contributed by atoms with van der Waals surface area (Å²) in [6.07, 6.45) is 5.08. The van der Waals surface area contributed by atoms with E-state index in [9.17, 15) is 0 Å². The average molecular weight is 245 g/mol. The predicted octanol–water partition coefficient (Wildman–Crippen LogP) is 1.56. The number of thiocarbonyl (C=S) groups is 1. The minimum Gasteiger partial charge on any atom is -0.388 e. The molecule has 5 nitrogen and oxygen atoms in total. The molecule has 0 spiro atoms. The van der Waals surface area contributed by atoms with Crippen LogP contribution in [0.1, 0.15) is 11.3 Å². The number of nitrogens with zero attached hydrogens (tertiary/aromatic N) is 3. The van der Waals surface area contributed by atoms with Crippen LogP contribution in [0.4, 0.5) is 11.6 Å². The van der Waals surface area contributed by atoms with Crippen LogP contribution in [0.2, 0.25) is 0 Å². The van der Waals surface area contributed by atoms with Gasteiger partial charge in [-0.2, -0.15) is 0 Å². The summed E-state index contributed by atoms with van der Waals surface area (Å²) in [5, 5.41) is 3.04. The number of rotatable bonds is 3. The monoisotopic (exact) mass is 245 g/mol. The third-order valence-electron chi connectivity index (χ3n) is 2.04. The van der Waals surface area contributed by atoms with Gasteiger partial charge in [-0.15, -0.1) is 0 Å². The Morgan fingerprint density at radius 1 is 1.41 bits per heavy atom. The van der Waals surface area contributed by atoms with E-state index in [0.29, 0.717) is 11.6 Å². The van der Waals surface area contributed by atoms with Crippen molar-refractivity contribution in [2.24, 2.45) is 5.73 Å². The van der Waals surface area contributed by atoms with Crippen LogP contribution in [0.3, 0.4) is 0 Å². The minimum atomic E-state index is 0.248. The lowest BCUT2D eigenvalue weighted by Gasteiger charge is -2.05. The minimum absolute atomic E-state index is 0.248. The lowest BCUT2D eigenvalue weighted by molar-refractivity contribution is 1.14.